The number of hydrogen-bond acceptors (Lipinski definition) is 6. The largest absolute Gasteiger partial charge is 0.351 e. The van der Waals surface area contributed by atoms with Crippen LogP contribution in [-0.4, -0.2) is 22.4 Å². The molecule has 0 spiro atoms. The molecule has 0 bridgehead atoms. The summed E-state index contributed by atoms with van der Waals surface area (Å²) in [6.07, 6.45) is 2.28. The summed E-state index contributed by atoms with van der Waals surface area (Å²) in [7, 11) is 0. The smallest absolute Gasteiger partial charge is 0.255 e. The fourth-order valence-electron chi connectivity index (χ4n) is 1.62. The topological polar surface area (TPSA) is 92.9 Å². The molecule has 2 aromatic heterocycles. The van der Waals surface area contributed by atoms with Gasteiger partial charge in [0.1, 0.15) is 0 Å². The van der Waals surface area contributed by atoms with Crippen molar-refractivity contribution >= 4 is 39.0 Å². The molecule has 0 unspecified atom stereocenters. The molecule has 2 aromatic rings. The first-order valence-electron chi connectivity index (χ1n) is 5.91. The van der Waals surface area contributed by atoms with Crippen molar-refractivity contribution in [2.24, 2.45) is 5.84 Å². The number of anilines is 1. The molecule has 0 saturated heterocycles. The van der Waals surface area contributed by atoms with Gasteiger partial charge in [0.05, 0.1) is 10.6 Å². The third kappa shape index (κ3) is 3.75. The maximum absolute atomic E-state index is 12.1. The van der Waals surface area contributed by atoms with E-state index in [2.05, 4.69) is 36.6 Å². The van der Waals surface area contributed by atoms with Crippen LogP contribution in [0.1, 0.15) is 21.1 Å². The molecule has 8 heteroatoms. The maximum Gasteiger partial charge on any atom is 0.255 e. The van der Waals surface area contributed by atoms with Crippen molar-refractivity contribution in [3.8, 4) is 0 Å². The summed E-state index contributed by atoms with van der Waals surface area (Å²) in [4.78, 5) is 20.5. The Labute approximate surface area is 128 Å². The third-order valence-electron chi connectivity index (χ3n) is 2.53. The molecular formula is C12H14BrN5OS. The number of hydrogen-bond donors (Lipinski definition) is 3. The summed E-state index contributed by atoms with van der Waals surface area (Å²) in [6, 6.07) is 1.67. The molecule has 0 aromatic carbocycles. The first-order chi connectivity index (χ1) is 9.60. The summed E-state index contributed by atoms with van der Waals surface area (Å²) in [6.45, 7) is 2.47. The standard InChI is InChI=1S/C12H14BrN5OS/c1-7-6-20-10(17-7)2-3-15-12(19)9-4-8(13)5-16-11(9)18-14/h4-6H,2-3,14H2,1H3,(H,15,19)(H,16,18). The number of nitrogens with zero attached hydrogens (tertiary/aromatic N) is 2. The van der Waals surface area contributed by atoms with Crippen LogP contribution in [0, 0.1) is 6.92 Å². The number of amides is 1. The van der Waals surface area contributed by atoms with E-state index in [1.807, 2.05) is 12.3 Å². The Kier molecular flexibility index (Phi) is 5.05. The normalized spacial score (nSPS) is 10.3. The molecule has 0 atom stereocenters. The van der Waals surface area contributed by atoms with Gasteiger partial charge in [-0.05, 0) is 28.9 Å². The predicted molar refractivity (Wildman–Crippen MR) is 82.6 cm³/mol. The van der Waals surface area contributed by atoms with Crippen LogP contribution in [0.5, 0.6) is 0 Å². The lowest BCUT2D eigenvalue weighted by molar-refractivity contribution is 0.0954. The summed E-state index contributed by atoms with van der Waals surface area (Å²) in [5.74, 6) is 5.47. The highest BCUT2D eigenvalue weighted by molar-refractivity contribution is 9.10. The SMILES string of the molecule is Cc1csc(CCNC(=O)c2cc(Br)cnc2NN)n1. The van der Waals surface area contributed by atoms with E-state index in [1.54, 1.807) is 23.6 Å². The van der Waals surface area contributed by atoms with Gasteiger partial charge in [0, 0.05) is 34.7 Å². The van der Waals surface area contributed by atoms with Gasteiger partial charge in [0.25, 0.3) is 5.91 Å². The fourth-order valence-corrected chi connectivity index (χ4v) is 2.73. The monoisotopic (exact) mass is 355 g/mol. The van der Waals surface area contributed by atoms with Crippen LogP contribution in [0.4, 0.5) is 5.82 Å². The van der Waals surface area contributed by atoms with Gasteiger partial charge in [-0.3, -0.25) is 4.79 Å². The number of nitrogens with two attached hydrogens (primary N) is 1. The Morgan fingerprint density at radius 2 is 2.35 bits per heavy atom. The highest BCUT2D eigenvalue weighted by atomic mass is 79.9. The number of aromatic nitrogens is 2. The molecule has 0 radical (unpaired) electrons. The van der Waals surface area contributed by atoms with E-state index >= 15 is 0 Å². The lowest BCUT2D eigenvalue weighted by Crippen LogP contribution is -2.27. The number of nitrogens with one attached hydrogen (secondary N) is 2. The average Bonchev–Trinajstić information content (AvgIpc) is 2.84. The van der Waals surface area contributed by atoms with Crippen LogP contribution in [0.3, 0.4) is 0 Å². The summed E-state index contributed by atoms with van der Waals surface area (Å²) in [5.41, 5.74) is 3.81. The minimum Gasteiger partial charge on any atom is -0.351 e. The molecule has 0 fully saturated rings. The van der Waals surface area contributed by atoms with Crippen LogP contribution in [0.15, 0.2) is 22.1 Å². The Bertz CT molecular complexity index is 616. The highest BCUT2D eigenvalue weighted by Crippen LogP contribution is 2.17. The molecule has 20 heavy (non-hydrogen) atoms. The summed E-state index contributed by atoms with van der Waals surface area (Å²) in [5, 5.41) is 5.83. The molecule has 0 aliphatic rings. The third-order valence-corrected chi connectivity index (χ3v) is 3.99. The van der Waals surface area contributed by atoms with Gasteiger partial charge in [0.15, 0.2) is 5.82 Å². The molecule has 0 aliphatic heterocycles. The number of nitrogen functional groups attached to an aromatic ring is 1. The van der Waals surface area contributed by atoms with Crippen LogP contribution < -0.4 is 16.6 Å². The van der Waals surface area contributed by atoms with E-state index in [9.17, 15) is 4.79 Å². The number of aryl methyl sites for hydroxylation is 1. The second kappa shape index (κ2) is 6.78. The molecule has 0 saturated carbocycles. The molecule has 2 rings (SSSR count). The van der Waals surface area contributed by atoms with Crippen molar-refractivity contribution in [1.29, 1.82) is 0 Å². The number of carbonyl (C=O) groups excluding carboxylic acids is 1. The van der Waals surface area contributed by atoms with Gasteiger partial charge in [-0.25, -0.2) is 15.8 Å². The Morgan fingerprint density at radius 3 is 3.00 bits per heavy atom. The van der Waals surface area contributed by atoms with Crippen molar-refractivity contribution in [3.63, 3.8) is 0 Å². The number of hydrazine groups is 1. The average molecular weight is 356 g/mol. The lowest BCUT2D eigenvalue weighted by Gasteiger charge is -2.08. The van der Waals surface area contributed by atoms with Gasteiger partial charge in [-0.2, -0.15) is 0 Å². The summed E-state index contributed by atoms with van der Waals surface area (Å²) >= 11 is 4.87. The van der Waals surface area contributed by atoms with Crippen molar-refractivity contribution in [2.45, 2.75) is 13.3 Å². The minimum atomic E-state index is -0.222. The van der Waals surface area contributed by atoms with E-state index < -0.39 is 0 Å². The van der Waals surface area contributed by atoms with Gasteiger partial charge >= 0.3 is 0 Å². The number of halogens is 1. The van der Waals surface area contributed by atoms with Gasteiger partial charge in [-0.1, -0.05) is 0 Å². The number of thiazole rings is 1. The van der Waals surface area contributed by atoms with E-state index in [0.29, 0.717) is 24.3 Å². The molecule has 6 nitrogen and oxygen atoms in total. The van der Waals surface area contributed by atoms with Gasteiger partial charge < -0.3 is 10.7 Å². The first kappa shape index (κ1) is 14.9. The molecule has 4 N–H and O–H groups in total. The van der Waals surface area contributed by atoms with E-state index in [-0.39, 0.29) is 5.91 Å². The zero-order valence-corrected chi connectivity index (χ0v) is 13.2. The Morgan fingerprint density at radius 1 is 1.55 bits per heavy atom. The van der Waals surface area contributed by atoms with Crippen molar-refractivity contribution in [1.82, 2.24) is 15.3 Å². The van der Waals surface area contributed by atoms with Crippen molar-refractivity contribution in [2.75, 3.05) is 12.0 Å². The maximum atomic E-state index is 12.1. The molecule has 2 heterocycles. The molecule has 1 amide bonds. The van der Waals surface area contributed by atoms with Crippen LogP contribution in [0.25, 0.3) is 0 Å². The van der Waals surface area contributed by atoms with Crippen LogP contribution in [0.2, 0.25) is 0 Å². The van der Waals surface area contributed by atoms with E-state index in [4.69, 9.17) is 5.84 Å². The second-order valence-corrected chi connectivity index (χ2v) is 5.94. The van der Waals surface area contributed by atoms with Crippen LogP contribution >= 0.6 is 27.3 Å². The number of carbonyl (C=O) groups is 1. The highest BCUT2D eigenvalue weighted by Gasteiger charge is 2.12. The summed E-state index contributed by atoms with van der Waals surface area (Å²) < 4.78 is 0.720. The van der Waals surface area contributed by atoms with E-state index in [1.165, 1.54) is 0 Å². The van der Waals surface area contributed by atoms with Crippen molar-refractivity contribution < 1.29 is 4.79 Å². The Balaban J connectivity index is 1.96. The van der Waals surface area contributed by atoms with E-state index in [0.717, 1.165) is 15.2 Å². The predicted octanol–water partition coefficient (Wildman–Crippen LogP) is 1.87. The minimum absolute atomic E-state index is 0.222. The second-order valence-electron chi connectivity index (χ2n) is 4.08. The zero-order valence-electron chi connectivity index (χ0n) is 10.8. The molecule has 0 aliphatic carbocycles. The zero-order chi connectivity index (χ0) is 14.5. The molecule has 106 valence electrons. The van der Waals surface area contributed by atoms with Crippen LogP contribution in [-0.2, 0) is 6.42 Å². The fraction of sp³-hybridized carbons (Fsp3) is 0.250. The quantitative estimate of drug-likeness (QED) is 0.562. The Hall–Kier alpha value is -1.51. The number of rotatable bonds is 5. The van der Waals surface area contributed by atoms with Gasteiger partial charge in [-0.15, -0.1) is 11.3 Å². The van der Waals surface area contributed by atoms with Gasteiger partial charge in [0.2, 0.25) is 0 Å². The van der Waals surface area contributed by atoms with Crippen molar-refractivity contribution in [3.05, 3.63) is 38.4 Å². The number of pyridine rings is 1. The molecular weight excluding hydrogens is 342 g/mol. The first-order valence-corrected chi connectivity index (χ1v) is 7.59. The lowest BCUT2D eigenvalue weighted by atomic mass is 10.2.